The van der Waals surface area contributed by atoms with Crippen LogP contribution < -0.4 is 20.1 Å². The van der Waals surface area contributed by atoms with Gasteiger partial charge in [-0.3, -0.25) is 9.59 Å². The second kappa shape index (κ2) is 16.5. The van der Waals surface area contributed by atoms with Crippen molar-refractivity contribution >= 4 is 45.2 Å². The molecule has 53 heavy (non-hydrogen) atoms. The molecule has 6 aromatic carbocycles. The standard InChI is InChI=1S/C44H36N2O6S/c1-3-31-13-9-15-33(25-31)27-43(47)45-39-21-5-7-23-41(39)51-35-17-11-19-37(29-35)53(49,50)38-20-12-18-36(30-38)52-42-24-8-6-22-40(42)46-44(48)28-34-16-10-14-32(4-2)26-34/h3-26,29-30H,1-2,27-28H2,(H,45,47)(H,46,48). The van der Waals surface area contributed by atoms with Gasteiger partial charge in [0.05, 0.1) is 34.0 Å². The minimum absolute atomic E-state index is 0.00366. The summed E-state index contributed by atoms with van der Waals surface area (Å²) in [6.07, 6.45) is 3.75. The first kappa shape index (κ1) is 36.1. The fraction of sp³-hybridized carbons (Fsp3) is 0.0455. The first-order valence-corrected chi connectivity index (χ1v) is 18.2. The average Bonchev–Trinajstić information content (AvgIpc) is 3.16. The van der Waals surface area contributed by atoms with Crippen LogP contribution in [0.1, 0.15) is 22.3 Å². The Labute approximate surface area is 309 Å². The summed E-state index contributed by atoms with van der Waals surface area (Å²) in [6, 6.07) is 41.2. The van der Waals surface area contributed by atoms with Gasteiger partial charge in [0.1, 0.15) is 11.5 Å². The number of carbonyl (C=O) groups excluding carboxylic acids is 2. The van der Waals surface area contributed by atoms with E-state index in [1.807, 2.05) is 48.5 Å². The van der Waals surface area contributed by atoms with Crippen LogP contribution >= 0.6 is 0 Å². The maximum absolute atomic E-state index is 13.9. The van der Waals surface area contributed by atoms with Crippen LogP contribution in [0.15, 0.2) is 169 Å². The second-order valence-corrected chi connectivity index (χ2v) is 13.9. The van der Waals surface area contributed by atoms with Crippen LogP contribution in [0.4, 0.5) is 11.4 Å². The lowest BCUT2D eigenvalue weighted by Gasteiger charge is -2.14. The average molecular weight is 721 g/mol. The van der Waals surface area contributed by atoms with Gasteiger partial charge in [-0.1, -0.05) is 110 Å². The van der Waals surface area contributed by atoms with E-state index in [9.17, 15) is 18.0 Å². The van der Waals surface area contributed by atoms with Crippen molar-refractivity contribution in [2.24, 2.45) is 0 Å². The molecule has 0 fully saturated rings. The number of para-hydroxylation sites is 4. The zero-order valence-electron chi connectivity index (χ0n) is 28.7. The Morgan fingerprint density at radius 3 is 1.38 bits per heavy atom. The molecule has 0 saturated heterocycles. The highest BCUT2D eigenvalue weighted by Crippen LogP contribution is 2.34. The number of carbonyl (C=O) groups is 2. The van der Waals surface area contributed by atoms with E-state index in [4.69, 9.17) is 9.47 Å². The number of nitrogens with one attached hydrogen (secondary N) is 2. The summed E-state index contributed by atoms with van der Waals surface area (Å²) in [5, 5.41) is 5.79. The summed E-state index contributed by atoms with van der Waals surface area (Å²) < 4.78 is 40.0. The molecule has 264 valence electrons. The van der Waals surface area contributed by atoms with Crippen LogP contribution in [-0.4, -0.2) is 20.2 Å². The van der Waals surface area contributed by atoms with E-state index >= 15 is 0 Å². The first-order chi connectivity index (χ1) is 25.7. The predicted molar refractivity (Wildman–Crippen MR) is 209 cm³/mol. The van der Waals surface area contributed by atoms with Gasteiger partial charge in [-0.25, -0.2) is 8.42 Å². The van der Waals surface area contributed by atoms with Gasteiger partial charge in [0.25, 0.3) is 0 Å². The molecule has 0 saturated carbocycles. The van der Waals surface area contributed by atoms with E-state index in [0.29, 0.717) is 22.9 Å². The second-order valence-electron chi connectivity index (χ2n) is 12.0. The zero-order valence-corrected chi connectivity index (χ0v) is 29.5. The van der Waals surface area contributed by atoms with E-state index in [1.165, 1.54) is 24.3 Å². The molecule has 0 atom stereocenters. The molecule has 8 nitrogen and oxygen atoms in total. The summed E-state index contributed by atoms with van der Waals surface area (Å²) in [5.74, 6) is 0.753. The molecule has 0 aliphatic carbocycles. The lowest BCUT2D eigenvalue weighted by molar-refractivity contribution is -0.116. The van der Waals surface area contributed by atoms with E-state index in [0.717, 1.165) is 22.3 Å². The van der Waals surface area contributed by atoms with Crippen molar-refractivity contribution in [3.8, 4) is 23.0 Å². The Bertz CT molecular complexity index is 2260. The Balaban J connectivity index is 1.15. The zero-order chi connectivity index (χ0) is 37.2. The molecule has 6 rings (SSSR count). The molecule has 0 bridgehead atoms. The summed E-state index contributed by atoms with van der Waals surface area (Å²) in [5.41, 5.74) is 4.39. The summed E-state index contributed by atoms with van der Waals surface area (Å²) in [6.45, 7) is 7.56. The molecule has 0 aliphatic rings. The SMILES string of the molecule is C=Cc1cccc(CC(=O)Nc2ccccc2Oc2cccc(S(=O)(=O)c3cccc(Oc4ccccc4NC(=O)Cc4cccc(C=C)c4)c3)c2)c1. The fourth-order valence-electron chi connectivity index (χ4n) is 5.54. The number of ether oxygens (including phenoxy) is 2. The molecule has 0 radical (unpaired) electrons. The Morgan fingerprint density at radius 1 is 0.528 bits per heavy atom. The normalized spacial score (nSPS) is 10.9. The molecule has 2 N–H and O–H groups in total. The van der Waals surface area contributed by atoms with Crippen LogP contribution in [0.5, 0.6) is 23.0 Å². The maximum Gasteiger partial charge on any atom is 0.228 e. The van der Waals surface area contributed by atoms with E-state index in [-0.39, 0.29) is 45.9 Å². The Morgan fingerprint density at radius 2 is 0.943 bits per heavy atom. The quantitative estimate of drug-likeness (QED) is 0.116. The van der Waals surface area contributed by atoms with Crippen molar-refractivity contribution in [1.82, 2.24) is 0 Å². The van der Waals surface area contributed by atoms with Crippen molar-refractivity contribution in [1.29, 1.82) is 0 Å². The molecule has 0 unspecified atom stereocenters. The highest BCUT2D eigenvalue weighted by Gasteiger charge is 2.20. The van der Waals surface area contributed by atoms with Gasteiger partial charge < -0.3 is 20.1 Å². The number of sulfone groups is 1. The molecular formula is C44H36N2O6S. The lowest BCUT2D eigenvalue weighted by atomic mass is 10.1. The van der Waals surface area contributed by atoms with Crippen LogP contribution in [0.2, 0.25) is 0 Å². The lowest BCUT2D eigenvalue weighted by Crippen LogP contribution is -2.15. The third-order valence-corrected chi connectivity index (χ3v) is 9.86. The monoisotopic (exact) mass is 720 g/mol. The minimum Gasteiger partial charge on any atom is -0.455 e. The number of anilines is 2. The molecule has 0 heterocycles. The van der Waals surface area contributed by atoms with Crippen molar-refractivity contribution < 1.29 is 27.5 Å². The number of hydrogen-bond donors (Lipinski definition) is 2. The highest BCUT2D eigenvalue weighted by atomic mass is 32.2. The topological polar surface area (TPSA) is 111 Å². The molecule has 9 heteroatoms. The van der Waals surface area contributed by atoms with Crippen LogP contribution in [-0.2, 0) is 32.3 Å². The van der Waals surface area contributed by atoms with Gasteiger partial charge in [-0.2, -0.15) is 0 Å². The molecule has 2 amide bonds. The summed E-state index contributed by atoms with van der Waals surface area (Å²) in [4.78, 5) is 25.8. The largest absolute Gasteiger partial charge is 0.455 e. The van der Waals surface area contributed by atoms with Gasteiger partial charge in [0.2, 0.25) is 21.7 Å². The van der Waals surface area contributed by atoms with Crippen molar-refractivity contribution in [3.05, 3.63) is 181 Å². The number of hydrogen-bond acceptors (Lipinski definition) is 6. The van der Waals surface area contributed by atoms with Crippen molar-refractivity contribution in [2.45, 2.75) is 22.6 Å². The van der Waals surface area contributed by atoms with E-state index < -0.39 is 9.84 Å². The van der Waals surface area contributed by atoms with E-state index in [1.54, 1.807) is 84.9 Å². The highest BCUT2D eigenvalue weighted by molar-refractivity contribution is 7.91. The minimum atomic E-state index is -4.02. The van der Waals surface area contributed by atoms with Crippen molar-refractivity contribution in [2.75, 3.05) is 10.6 Å². The van der Waals surface area contributed by atoms with Gasteiger partial charge in [0.15, 0.2) is 11.5 Å². The van der Waals surface area contributed by atoms with Gasteiger partial charge >= 0.3 is 0 Å². The third-order valence-electron chi connectivity index (χ3n) is 8.11. The van der Waals surface area contributed by atoms with E-state index in [2.05, 4.69) is 23.8 Å². The van der Waals surface area contributed by atoms with Gasteiger partial charge in [-0.05, 0) is 82.9 Å². The molecule has 6 aromatic rings. The fourth-order valence-corrected chi connectivity index (χ4v) is 6.87. The number of benzene rings is 6. The maximum atomic E-state index is 13.9. The number of rotatable bonds is 14. The summed E-state index contributed by atoms with van der Waals surface area (Å²) in [7, 11) is -4.02. The molecule has 0 aliphatic heterocycles. The van der Waals surface area contributed by atoms with Crippen LogP contribution in [0.3, 0.4) is 0 Å². The molecule has 0 spiro atoms. The third kappa shape index (κ3) is 9.35. The van der Waals surface area contributed by atoms with Crippen LogP contribution in [0, 0.1) is 0 Å². The summed E-state index contributed by atoms with van der Waals surface area (Å²) >= 11 is 0. The van der Waals surface area contributed by atoms with Gasteiger partial charge in [-0.15, -0.1) is 0 Å². The molecule has 0 aromatic heterocycles. The molecular weight excluding hydrogens is 685 g/mol. The predicted octanol–water partition coefficient (Wildman–Crippen LogP) is 9.75. The Hall–Kier alpha value is -6.71. The number of amides is 2. The van der Waals surface area contributed by atoms with Gasteiger partial charge in [0, 0.05) is 0 Å². The van der Waals surface area contributed by atoms with Crippen molar-refractivity contribution in [3.63, 3.8) is 0 Å². The Kier molecular flexibility index (Phi) is 11.3. The van der Waals surface area contributed by atoms with Crippen LogP contribution in [0.25, 0.3) is 12.2 Å². The smallest absolute Gasteiger partial charge is 0.228 e. The first-order valence-electron chi connectivity index (χ1n) is 16.7.